The van der Waals surface area contributed by atoms with Gasteiger partial charge in [0, 0.05) is 37.1 Å². The fourth-order valence-corrected chi connectivity index (χ4v) is 2.20. The van der Waals surface area contributed by atoms with E-state index < -0.39 is 0 Å². The molecule has 0 fully saturated rings. The molecule has 0 spiro atoms. The molecule has 0 radical (unpaired) electrons. The van der Waals surface area contributed by atoms with Crippen LogP contribution in [0.15, 0.2) is 53.7 Å². The topological polar surface area (TPSA) is 51.3 Å². The minimum absolute atomic E-state index is 0.0223. The lowest BCUT2D eigenvalue weighted by Crippen LogP contribution is -2.17. The molecule has 0 atom stereocenters. The molecule has 20 heavy (non-hydrogen) atoms. The maximum Gasteiger partial charge on any atom is 0.250 e. The molecule has 0 amide bonds. The van der Waals surface area contributed by atoms with Crippen molar-refractivity contribution in [2.75, 3.05) is 5.32 Å². The van der Waals surface area contributed by atoms with Crippen LogP contribution in [0.2, 0.25) is 0 Å². The quantitative estimate of drug-likeness (QED) is 0.788. The number of anilines is 1. The van der Waals surface area contributed by atoms with Crippen molar-refractivity contribution in [3.05, 3.63) is 64.8 Å². The van der Waals surface area contributed by atoms with Crippen molar-refractivity contribution in [3.63, 3.8) is 0 Å². The minimum Gasteiger partial charge on any atom is -0.380 e. The van der Waals surface area contributed by atoms with Crippen molar-refractivity contribution in [3.8, 4) is 0 Å². The maximum atomic E-state index is 11.5. The van der Waals surface area contributed by atoms with E-state index in [9.17, 15) is 4.79 Å². The molecule has 0 aliphatic heterocycles. The average molecular weight is 268 g/mol. The molecule has 0 saturated carbocycles. The third kappa shape index (κ3) is 2.30. The van der Waals surface area contributed by atoms with Crippen LogP contribution in [0.5, 0.6) is 0 Å². The highest BCUT2D eigenvalue weighted by Crippen LogP contribution is 2.12. The van der Waals surface area contributed by atoms with Gasteiger partial charge >= 0.3 is 0 Å². The summed E-state index contributed by atoms with van der Waals surface area (Å²) in [5.74, 6) is 0. The van der Waals surface area contributed by atoms with Crippen LogP contribution in [0.25, 0.3) is 5.52 Å². The van der Waals surface area contributed by atoms with Gasteiger partial charge in [-0.15, -0.1) is 0 Å². The van der Waals surface area contributed by atoms with Crippen LogP contribution >= 0.6 is 0 Å². The van der Waals surface area contributed by atoms with Gasteiger partial charge < -0.3 is 9.88 Å². The number of nitrogens with one attached hydrogen (secondary N) is 1. The monoisotopic (exact) mass is 268 g/mol. The Morgan fingerprint density at radius 3 is 3.00 bits per heavy atom. The second kappa shape index (κ2) is 5.21. The van der Waals surface area contributed by atoms with Crippen molar-refractivity contribution in [1.82, 2.24) is 14.2 Å². The first kappa shape index (κ1) is 12.5. The molecule has 0 aromatic carbocycles. The number of pyridine rings is 2. The standard InChI is InChI=1S/C15H16N4O/c1-2-18-11-13(6-7-15(18)20)16-9-12-10-17-19-8-4-3-5-14(12)19/h3-8,10-11,16H,2,9H2,1H3. The van der Waals surface area contributed by atoms with Crippen LogP contribution in [0, 0.1) is 0 Å². The maximum absolute atomic E-state index is 11.5. The zero-order chi connectivity index (χ0) is 13.9. The zero-order valence-electron chi connectivity index (χ0n) is 11.3. The van der Waals surface area contributed by atoms with Gasteiger partial charge in [0.1, 0.15) is 0 Å². The Hall–Kier alpha value is -2.56. The summed E-state index contributed by atoms with van der Waals surface area (Å²) in [7, 11) is 0. The van der Waals surface area contributed by atoms with Crippen molar-refractivity contribution in [2.45, 2.75) is 20.0 Å². The largest absolute Gasteiger partial charge is 0.380 e. The van der Waals surface area contributed by atoms with Crippen LogP contribution < -0.4 is 10.9 Å². The molecule has 3 aromatic rings. The lowest BCUT2D eigenvalue weighted by atomic mass is 10.2. The van der Waals surface area contributed by atoms with Crippen LogP contribution in [-0.2, 0) is 13.1 Å². The highest BCUT2D eigenvalue weighted by molar-refractivity contribution is 5.55. The summed E-state index contributed by atoms with van der Waals surface area (Å²) < 4.78 is 3.53. The van der Waals surface area contributed by atoms with E-state index in [0.29, 0.717) is 13.1 Å². The van der Waals surface area contributed by atoms with E-state index in [1.54, 1.807) is 16.7 Å². The van der Waals surface area contributed by atoms with Crippen molar-refractivity contribution < 1.29 is 0 Å². The lowest BCUT2D eigenvalue weighted by molar-refractivity contribution is 0.727. The Labute approximate surface area is 116 Å². The van der Waals surface area contributed by atoms with Gasteiger partial charge in [0.25, 0.3) is 5.56 Å². The fraction of sp³-hybridized carbons (Fsp3) is 0.200. The van der Waals surface area contributed by atoms with Gasteiger partial charge in [0.15, 0.2) is 0 Å². The average Bonchev–Trinajstić information content (AvgIpc) is 2.90. The van der Waals surface area contributed by atoms with Crippen molar-refractivity contribution >= 4 is 11.2 Å². The van der Waals surface area contributed by atoms with E-state index in [-0.39, 0.29) is 5.56 Å². The third-order valence-electron chi connectivity index (χ3n) is 3.31. The number of hydrogen-bond acceptors (Lipinski definition) is 3. The van der Waals surface area contributed by atoms with Gasteiger partial charge in [-0.25, -0.2) is 4.52 Å². The Morgan fingerprint density at radius 2 is 2.15 bits per heavy atom. The number of rotatable bonds is 4. The molecule has 5 nitrogen and oxygen atoms in total. The molecule has 0 unspecified atom stereocenters. The summed E-state index contributed by atoms with van der Waals surface area (Å²) in [4.78, 5) is 11.5. The van der Waals surface area contributed by atoms with E-state index in [1.165, 1.54) is 0 Å². The van der Waals surface area contributed by atoms with Crippen LogP contribution in [0.4, 0.5) is 5.69 Å². The molecular weight excluding hydrogens is 252 g/mol. The first-order valence-corrected chi connectivity index (χ1v) is 6.63. The van der Waals surface area contributed by atoms with E-state index in [1.807, 2.05) is 48.2 Å². The first-order chi connectivity index (χ1) is 9.78. The summed E-state index contributed by atoms with van der Waals surface area (Å²) in [5.41, 5.74) is 3.17. The van der Waals surface area contributed by atoms with E-state index in [2.05, 4.69) is 10.4 Å². The molecule has 0 saturated heterocycles. The second-order valence-corrected chi connectivity index (χ2v) is 4.60. The van der Waals surface area contributed by atoms with Crippen molar-refractivity contribution in [2.24, 2.45) is 0 Å². The number of hydrogen-bond donors (Lipinski definition) is 1. The summed E-state index contributed by atoms with van der Waals surface area (Å²) in [5, 5.41) is 7.63. The Bertz CT molecular complexity index is 788. The van der Waals surface area contributed by atoms with Crippen LogP contribution in [0.1, 0.15) is 12.5 Å². The summed E-state index contributed by atoms with van der Waals surface area (Å²) >= 11 is 0. The molecular formula is C15H16N4O. The van der Waals surface area contributed by atoms with Gasteiger partial charge in [0.2, 0.25) is 0 Å². The molecule has 0 aliphatic carbocycles. The number of aromatic nitrogens is 3. The Kier molecular flexibility index (Phi) is 3.25. The number of nitrogens with zero attached hydrogens (tertiary/aromatic N) is 3. The molecule has 0 aliphatic rings. The summed E-state index contributed by atoms with van der Waals surface area (Å²) in [6, 6.07) is 9.38. The summed E-state index contributed by atoms with van der Waals surface area (Å²) in [6.45, 7) is 3.30. The molecule has 0 bridgehead atoms. The van der Waals surface area contributed by atoms with Gasteiger partial charge in [-0.05, 0) is 25.1 Å². The molecule has 5 heteroatoms. The van der Waals surface area contributed by atoms with E-state index in [0.717, 1.165) is 16.8 Å². The fourth-order valence-electron chi connectivity index (χ4n) is 2.20. The highest BCUT2D eigenvalue weighted by Gasteiger charge is 2.03. The van der Waals surface area contributed by atoms with Crippen molar-refractivity contribution in [1.29, 1.82) is 0 Å². The Morgan fingerprint density at radius 1 is 1.25 bits per heavy atom. The predicted octanol–water partition coefficient (Wildman–Crippen LogP) is 2.13. The lowest BCUT2D eigenvalue weighted by Gasteiger charge is -2.08. The van der Waals surface area contributed by atoms with E-state index in [4.69, 9.17) is 0 Å². The van der Waals surface area contributed by atoms with Gasteiger partial charge in [-0.3, -0.25) is 4.79 Å². The SMILES string of the molecule is CCn1cc(NCc2cnn3ccccc23)ccc1=O. The number of fused-ring (bicyclic) bond motifs is 1. The van der Waals surface area contributed by atoms with E-state index >= 15 is 0 Å². The van der Waals surface area contributed by atoms with Gasteiger partial charge in [-0.1, -0.05) is 6.07 Å². The minimum atomic E-state index is 0.0223. The third-order valence-corrected chi connectivity index (χ3v) is 3.31. The predicted molar refractivity (Wildman–Crippen MR) is 78.9 cm³/mol. The molecule has 3 aromatic heterocycles. The normalized spacial score (nSPS) is 10.8. The van der Waals surface area contributed by atoms with Gasteiger partial charge in [0.05, 0.1) is 17.4 Å². The molecule has 3 rings (SSSR count). The highest BCUT2D eigenvalue weighted by atomic mass is 16.1. The molecule has 1 N–H and O–H groups in total. The number of aryl methyl sites for hydroxylation is 1. The van der Waals surface area contributed by atoms with Crippen LogP contribution in [0.3, 0.4) is 0 Å². The summed E-state index contributed by atoms with van der Waals surface area (Å²) in [6.07, 6.45) is 5.63. The smallest absolute Gasteiger partial charge is 0.250 e. The Balaban J connectivity index is 1.81. The van der Waals surface area contributed by atoms with Crippen LogP contribution in [-0.4, -0.2) is 14.2 Å². The second-order valence-electron chi connectivity index (χ2n) is 4.60. The molecule has 3 heterocycles. The zero-order valence-corrected chi connectivity index (χ0v) is 11.3. The van der Waals surface area contributed by atoms with Gasteiger partial charge in [-0.2, -0.15) is 5.10 Å². The first-order valence-electron chi connectivity index (χ1n) is 6.63. The molecule has 102 valence electrons.